The number of halogens is 4. The van der Waals surface area contributed by atoms with Crippen molar-refractivity contribution in [3.05, 3.63) is 0 Å². The molecular weight excluding hydrogens is 1320 g/mol. The quantitative estimate of drug-likeness (QED) is 0.215. The highest BCUT2D eigenvalue weighted by atomic mass is 35.5. The van der Waals surface area contributed by atoms with Gasteiger partial charge in [-0.1, -0.05) is 79.1 Å². The van der Waals surface area contributed by atoms with Crippen molar-refractivity contribution in [1.82, 2.24) is 60.0 Å². The highest BCUT2D eigenvalue weighted by Gasteiger charge is 2.52. The number of nitrogens with one attached hydrogen (secondary N) is 3. The molecule has 3 aliphatic carbocycles. The molecule has 0 aromatic carbocycles. The number of carbonyl (C=O) groups excluding carboxylic acids is 12. The molecule has 0 radical (unpaired) electrons. The number of carbonyl (C=O) groups is 12. The number of nitrogens with zero attached hydrogens (tertiary/aromatic N) is 9. The predicted octanol–water partition coefficient (Wildman–Crippen LogP) is 5.08. The molecule has 29 heteroatoms. The van der Waals surface area contributed by atoms with E-state index in [0.29, 0.717) is 51.6 Å². The fourth-order valence-corrected chi connectivity index (χ4v) is 16.8. The first-order valence-electron chi connectivity index (χ1n) is 36.8. The van der Waals surface area contributed by atoms with Gasteiger partial charge in [0, 0.05) is 94.0 Å². The van der Waals surface area contributed by atoms with Gasteiger partial charge in [-0.05, 0) is 120 Å². The van der Waals surface area contributed by atoms with Crippen LogP contribution in [0.15, 0.2) is 0 Å². The first-order valence-corrected chi connectivity index (χ1v) is 37.2. The molecule has 100 heavy (non-hydrogen) atoms. The summed E-state index contributed by atoms with van der Waals surface area (Å²) in [6.07, 6.45) is 4.22. The van der Waals surface area contributed by atoms with Crippen molar-refractivity contribution in [2.24, 2.45) is 29.6 Å². The second-order valence-electron chi connectivity index (χ2n) is 30.2. The minimum Gasteiger partial charge on any atom is -0.385 e. The van der Waals surface area contributed by atoms with E-state index in [1.807, 2.05) is 6.92 Å². The van der Waals surface area contributed by atoms with Crippen molar-refractivity contribution in [3.8, 4) is 0 Å². The zero-order valence-electron chi connectivity index (χ0n) is 61.2. The third-order valence-corrected chi connectivity index (χ3v) is 23.7. The fraction of sp³-hybridized carbons (Fsp3) is 0.831. The molecule has 7 aliphatic rings. The van der Waals surface area contributed by atoms with Crippen molar-refractivity contribution in [3.63, 3.8) is 0 Å². The van der Waals surface area contributed by atoms with E-state index in [1.54, 1.807) is 25.7 Å². The summed E-state index contributed by atoms with van der Waals surface area (Å²) in [5.74, 6) is -10.8. The molecule has 3 N–H and O–H groups in total. The highest BCUT2D eigenvalue weighted by molar-refractivity contribution is 6.21. The van der Waals surface area contributed by atoms with Crippen molar-refractivity contribution in [1.29, 1.82) is 0 Å². The molecule has 1 spiro atoms. The van der Waals surface area contributed by atoms with Crippen LogP contribution in [0.5, 0.6) is 0 Å². The molecule has 13 atom stereocenters. The molecule has 4 heterocycles. The first kappa shape index (κ1) is 81.0. The lowest BCUT2D eigenvalue weighted by molar-refractivity contribution is -0.182. The van der Waals surface area contributed by atoms with Gasteiger partial charge in [0.2, 0.25) is 70.9 Å². The van der Waals surface area contributed by atoms with E-state index in [1.165, 1.54) is 95.5 Å². The number of rotatable bonds is 12. The summed E-state index contributed by atoms with van der Waals surface area (Å²) in [4.78, 5) is 191. The van der Waals surface area contributed by atoms with Crippen LogP contribution in [0.1, 0.15) is 189 Å². The van der Waals surface area contributed by atoms with E-state index in [-0.39, 0.29) is 102 Å². The molecule has 0 aromatic heterocycles. The Morgan fingerprint density at radius 2 is 1.26 bits per heavy atom. The Labute approximate surface area is 594 Å². The maximum atomic E-state index is 15.4. The lowest BCUT2D eigenvalue weighted by Crippen LogP contribution is -2.65. The fourth-order valence-electron chi connectivity index (χ4n) is 16.3. The van der Waals surface area contributed by atoms with E-state index in [4.69, 9.17) is 16.3 Å². The SMILES string of the molecule is CC[C@H](C)[C@@H]1NC(=O)[C@H](CCOC)N(C)C(=O)C[C@@H](C(=O)N2CCCCC2)N(C)C(=O)[C@H](C(C)C)N(C)C(=O)C2(CCCC2)NC(=O)[C@@H]2CCCN2C(=O)[C@H](CCC2CCC(C(F)(F)F)C(Cl)C2)NC(=O)CN(C)C(=O)[C@H](CC2CCCCC2)N(C)C(=O)[C@@H]2CCN2C(=O)[C@H](C)N(C)C1=O. The summed E-state index contributed by atoms with van der Waals surface area (Å²) in [6.45, 7) is 8.90. The van der Waals surface area contributed by atoms with Crippen LogP contribution in [0.25, 0.3) is 0 Å². The molecular formula is C71H114ClF3N12O13. The van der Waals surface area contributed by atoms with E-state index in [0.717, 1.165) is 38.5 Å². The molecule has 7 fully saturated rings. The van der Waals surface area contributed by atoms with Crippen LogP contribution < -0.4 is 16.0 Å². The maximum Gasteiger partial charge on any atom is 0.393 e. The summed E-state index contributed by atoms with van der Waals surface area (Å²) in [5, 5.41) is 7.55. The van der Waals surface area contributed by atoms with E-state index >= 15 is 19.2 Å². The molecule has 3 unspecified atom stereocenters. The topological polar surface area (TPSA) is 279 Å². The van der Waals surface area contributed by atoms with Gasteiger partial charge in [-0.2, -0.15) is 13.2 Å². The van der Waals surface area contributed by atoms with Gasteiger partial charge < -0.3 is 64.8 Å². The Bertz CT molecular complexity index is 2930. The van der Waals surface area contributed by atoms with Crippen molar-refractivity contribution in [2.75, 3.05) is 88.7 Å². The lowest BCUT2D eigenvalue weighted by atomic mass is 9.78. The number of hydrogen-bond donors (Lipinski definition) is 3. The minimum atomic E-state index is -4.51. The molecule has 7 rings (SSSR count). The van der Waals surface area contributed by atoms with Gasteiger partial charge in [0.25, 0.3) is 0 Å². The van der Waals surface area contributed by atoms with Crippen molar-refractivity contribution >= 4 is 82.5 Å². The van der Waals surface area contributed by atoms with Crippen LogP contribution in [-0.2, 0) is 62.3 Å². The van der Waals surface area contributed by atoms with Crippen LogP contribution in [0.4, 0.5) is 13.2 Å². The Balaban J connectivity index is 1.27. The number of piperidine rings is 1. The third kappa shape index (κ3) is 19.1. The Kier molecular flexibility index (Phi) is 28.9. The monoisotopic (exact) mass is 1430 g/mol. The molecule has 4 aliphatic heterocycles. The Hall–Kier alpha value is -6.32. The summed E-state index contributed by atoms with van der Waals surface area (Å²) in [5.41, 5.74) is -1.57. The zero-order chi connectivity index (χ0) is 73.8. The lowest BCUT2D eigenvalue weighted by Gasteiger charge is -2.45. The van der Waals surface area contributed by atoms with Gasteiger partial charge >= 0.3 is 6.18 Å². The Morgan fingerprint density at radius 1 is 0.620 bits per heavy atom. The van der Waals surface area contributed by atoms with Crippen LogP contribution in [0.2, 0.25) is 0 Å². The molecule has 4 saturated heterocycles. The van der Waals surface area contributed by atoms with Gasteiger partial charge in [0.1, 0.15) is 59.9 Å². The van der Waals surface area contributed by atoms with Gasteiger partial charge in [0.15, 0.2) is 0 Å². The highest BCUT2D eigenvalue weighted by Crippen LogP contribution is 2.44. The van der Waals surface area contributed by atoms with E-state index < -0.39 is 173 Å². The molecule has 0 bridgehead atoms. The Morgan fingerprint density at radius 3 is 1.85 bits per heavy atom. The number of ether oxygens (including phenoxy) is 1. The first-order chi connectivity index (χ1) is 47.2. The number of likely N-dealkylation sites (N-methyl/N-ethyl adjacent to an activating group) is 6. The smallest absolute Gasteiger partial charge is 0.385 e. The standard InChI is InChI=1S/C71H114ClF3N12O13/c1-13-44(4)58-67(97)80(7)45(5)62(92)87-37-30-53(87)65(95)82(9)54(40-46-23-16-14-17-24-46)64(94)79(6)42-56(88)76-50(29-27-47-26-28-48(49(72)39-47)71(73,74)75)63(93)86-36-22-25-52(86)61(91)78-70(32-18-19-33-70)69(99)84(11)59(43(2)3)68(98)83(10)55(66(96)85-34-20-15-21-35-85)41-57(89)81(8)51(31-38-100-12)60(90)77-58/h43-55,58-59H,13-42H2,1-12H3,(H,76,88)(H,77,90)(H,78,91)/t44-,45-,47?,48?,49?,50-,51-,52-,53-,54-,55-,58-,59-/m0/s1. The predicted molar refractivity (Wildman–Crippen MR) is 367 cm³/mol. The average Bonchev–Trinajstić information content (AvgIpc) is 1.30. The van der Waals surface area contributed by atoms with Crippen LogP contribution in [0.3, 0.4) is 0 Å². The van der Waals surface area contributed by atoms with Gasteiger partial charge in [0.05, 0.1) is 18.9 Å². The summed E-state index contributed by atoms with van der Waals surface area (Å²) in [7, 11) is 10.00. The molecule has 3 saturated carbocycles. The largest absolute Gasteiger partial charge is 0.393 e. The van der Waals surface area contributed by atoms with E-state index in [2.05, 4.69) is 16.0 Å². The average molecular weight is 1440 g/mol. The van der Waals surface area contributed by atoms with Gasteiger partial charge in [-0.25, -0.2) is 0 Å². The third-order valence-electron chi connectivity index (χ3n) is 23.2. The molecule has 25 nitrogen and oxygen atoms in total. The number of amides is 12. The number of fused-ring (bicyclic) bond motifs is 2. The van der Waals surface area contributed by atoms with Gasteiger partial charge in [-0.3, -0.25) is 57.5 Å². The van der Waals surface area contributed by atoms with Crippen molar-refractivity contribution < 1.29 is 75.4 Å². The number of hydrogen-bond acceptors (Lipinski definition) is 13. The van der Waals surface area contributed by atoms with Crippen LogP contribution in [0, 0.1) is 29.6 Å². The summed E-state index contributed by atoms with van der Waals surface area (Å²) < 4.78 is 47.5. The normalized spacial score (nSPS) is 30.9. The van der Waals surface area contributed by atoms with Crippen LogP contribution in [-0.4, -0.2) is 275 Å². The summed E-state index contributed by atoms with van der Waals surface area (Å²) in [6, 6.07) is -11.0. The summed E-state index contributed by atoms with van der Waals surface area (Å²) >= 11 is 6.40. The number of likely N-dealkylation sites (tertiary alicyclic amines) is 1. The molecule has 564 valence electrons. The second kappa shape index (κ2) is 35.7. The maximum absolute atomic E-state index is 15.4. The van der Waals surface area contributed by atoms with Crippen molar-refractivity contribution in [2.45, 2.75) is 260 Å². The van der Waals surface area contributed by atoms with Gasteiger partial charge in [-0.15, -0.1) is 11.6 Å². The van der Waals surface area contributed by atoms with E-state index in [9.17, 15) is 51.5 Å². The zero-order valence-corrected chi connectivity index (χ0v) is 62.0. The van der Waals surface area contributed by atoms with Crippen LogP contribution >= 0.6 is 11.6 Å². The molecule has 12 amide bonds. The second-order valence-corrected chi connectivity index (χ2v) is 30.8. The number of alkyl halides is 4. The molecule has 0 aromatic rings. The minimum absolute atomic E-state index is 0.00181. The number of methoxy groups -OCH3 is 1.